The van der Waals surface area contributed by atoms with E-state index in [2.05, 4.69) is 26.6 Å². The summed E-state index contributed by atoms with van der Waals surface area (Å²) >= 11 is 3.45. The summed E-state index contributed by atoms with van der Waals surface area (Å²) in [6, 6.07) is 12.8. The maximum Gasteiger partial charge on any atom is 0.262 e. The van der Waals surface area contributed by atoms with Crippen LogP contribution in [0.3, 0.4) is 0 Å². The van der Waals surface area contributed by atoms with Crippen LogP contribution in [-0.2, 0) is 9.59 Å². The summed E-state index contributed by atoms with van der Waals surface area (Å²) in [6.07, 6.45) is 5.55. The average Bonchev–Trinajstić information content (AvgIpc) is 3.31. The lowest BCUT2D eigenvalue weighted by molar-refractivity contribution is -0.118. The summed E-state index contributed by atoms with van der Waals surface area (Å²) in [5, 5.41) is 15.2. The molecule has 0 atom stereocenters. The van der Waals surface area contributed by atoms with Gasteiger partial charge in [0.05, 0.1) is 7.11 Å². The van der Waals surface area contributed by atoms with Gasteiger partial charge in [0.15, 0.2) is 18.1 Å². The van der Waals surface area contributed by atoms with Crippen LogP contribution < -0.4 is 20.1 Å². The fourth-order valence-corrected chi connectivity index (χ4v) is 3.99. The van der Waals surface area contributed by atoms with Crippen LogP contribution in [0.4, 0.5) is 5.69 Å². The first kappa shape index (κ1) is 24.3. The van der Waals surface area contributed by atoms with E-state index in [1.807, 2.05) is 37.3 Å². The van der Waals surface area contributed by atoms with Crippen molar-refractivity contribution in [2.75, 3.05) is 19.0 Å². The van der Waals surface area contributed by atoms with E-state index in [1.54, 1.807) is 12.1 Å². The highest BCUT2D eigenvalue weighted by Gasteiger charge is 2.20. The van der Waals surface area contributed by atoms with Crippen LogP contribution in [0.2, 0.25) is 0 Å². The third-order valence-electron chi connectivity index (χ3n) is 5.33. The molecule has 172 valence electrons. The van der Waals surface area contributed by atoms with Gasteiger partial charge in [0.1, 0.15) is 11.6 Å². The number of nitrogens with one attached hydrogen (secondary N) is 2. The van der Waals surface area contributed by atoms with Crippen LogP contribution in [0.5, 0.6) is 11.5 Å². The van der Waals surface area contributed by atoms with E-state index in [-0.39, 0.29) is 30.0 Å². The van der Waals surface area contributed by atoms with E-state index >= 15 is 0 Å². The smallest absolute Gasteiger partial charge is 0.262 e. The molecule has 3 rings (SSSR count). The molecule has 2 N–H and O–H groups in total. The predicted molar refractivity (Wildman–Crippen MR) is 130 cm³/mol. The number of amides is 2. The molecule has 2 aromatic rings. The van der Waals surface area contributed by atoms with Crippen molar-refractivity contribution in [3.63, 3.8) is 0 Å². The second kappa shape index (κ2) is 11.5. The van der Waals surface area contributed by atoms with Crippen molar-refractivity contribution >= 4 is 39.5 Å². The van der Waals surface area contributed by atoms with E-state index in [9.17, 15) is 14.9 Å². The van der Waals surface area contributed by atoms with Gasteiger partial charge in [-0.3, -0.25) is 9.59 Å². The van der Waals surface area contributed by atoms with E-state index in [0.717, 1.165) is 31.2 Å². The Morgan fingerprint density at radius 1 is 1.18 bits per heavy atom. The molecule has 0 bridgehead atoms. The Labute approximate surface area is 201 Å². The van der Waals surface area contributed by atoms with Crippen LogP contribution in [-0.4, -0.2) is 31.6 Å². The molecule has 1 fully saturated rings. The van der Waals surface area contributed by atoms with Crippen LogP contribution in [0.15, 0.2) is 46.4 Å². The van der Waals surface area contributed by atoms with Gasteiger partial charge in [0.25, 0.3) is 11.8 Å². The van der Waals surface area contributed by atoms with E-state index in [1.165, 1.54) is 13.2 Å². The molecule has 7 nitrogen and oxygen atoms in total. The monoisotopic (exact) mass is 511 g/mol. The van der Waals surface area contributed by atoms with Crippen molar-refractivity contribution in [1.82, 2.24) is 5.32 Å². The highest BCUT2D eigenvalue weighted by atomic mass is 79.9. The lowest BCUT2D eigenvalue weighted by Gasteiger charge is -2.14. The third kappa shape index (κ3) is 6.83. The SMILES string of the molecule is COc1cc(/C=C(/C#N)C(=O)NC2CCCC2)c(Br)cc1OCC(=O)Nc1ccc(C)cc1. The highest BCUT2D eigenvalue weighted by molar-refractivity contribution is 9.10. The maximum absolute atomic E-state index is 12.5. The second-order valence-electron chi connectivity index (χ2n) is 7.85. The van der Waals surface area contributed by atoms with Gasteiger partial charge in [-0.25, -0.2) is 0 Å². The Kier molecular flexibility index (Phi) is 8.50. The minimum Gasteiger partial charge on any atom is -0.493 e. The fraction of sp³-hybridized carbons (Fsp3) is 0.320. The summed E-state index contributed by atoms with van der Waals surface area (Å²) < 4.78 is 11.7. The number of methoxy groups -OCH3 is 1. The molecule has 0 heterocycles. The molecule has 2 aromatic carbocycles. The standard InChI is InChI=1S/C25H26BrN3O4/c1-16-7-9-20(10-8-16)28-24(30)15-33-23-13-21(26)17(12-22(23)32-2)11-18(14-27)25(31)29-19-5-3-4-6-19/h7-13,19H,3-6,15H2,1-2H3,(H,28,30)(H,29,31)/b18-11-. The summed E-state index contributed by atoms with van der Waals surface area (Å²) in [6.45, 7) is 1.76. The minimum atomic E-state index is -0.386. The minimum absolute atomic E-state index is 0.01000. The van der Waals surface area contributed by atoms with Gasteiger partial charge < -0.3 is 20.1 Å². The van der Waals surface area contributed by atoms with Crippen molar-refractivity contribution in [1.29, 1.82) is 5.26 Å². The number of aryl methyl sites for hydroxylation is 1. The normalized spacial score (nSPS) is 13.8. The van der Waals surface area contributed by atoms with Gasteiger partial charge in [0.2, 0.25) is 0 Å². The summed E-state index contributed by atoms with van der Waals surface area (Å²) in [4.78, 5) is 24.7. The van der Waals surface area contributed by atoms with Crippen LogP contribution in [0.25, 0.3) is 6.08 Å². The zero-order chi connectivity index (χ0) is 23.8. The van der Waals surface area contributed by atoms with Gasteiger partial charge in [-0.1, -0.05) is 46.5 Å². The van der Waals surface area contributed by atoms with Gasteiger partial charge >= 0.3 is 0 Å². The van der Waals surface area contributed by atoms with Crippen LogP contribution >= 0.6 is 15.9 Å². The first-order chi connectivity index (χ1) is 15.9. The maximum atomic E-state index is 12.5. The number of hydrogen-bond acceptors (Lipinski definition) is 5. The Balaban J connectivity index is 1.69. The van der Waals surface area contributed by atoms with Crippen molar-refractivity contribution in [2.45, 2.75) is 38.6 Å². The number of benzene rings is 2. The molecule has 0 aliphatic heterocycles. The van der Waals surface area contributed by atoms with Crippen molar-refractivity contribution < 1.29 is 19.1 Å². The quantitative estimate of drug-likeness (QED) is 0.393. The lowest BCUT2D eigenvalue weighted by Crippen LogP contribution is -2.33. The average molecular weight is 512 g/mol. The van der Waals surface area contributed by atoms with Crippen LogP contribution in [0, 0.1) is 18.3 Å². The topological polar surface area (TPSA) is 100 Å². The highest BCUT2D eigenvalue weighted by Crippen LogP contribution is 2.34. The third-order valence-corrected chi connectivity index (χ3v) is 6.02. The number of nitrogens with zero attached hydrogens (tertiary/aromatic N) is 1. The van der Waals surface area contributed by atoms with Crippen molar-refractivity contribution in [3.8, 4) is 17.6 Å². The fourth-order valence-electron chi connectivity index (χ4n) is 3.55. The zero-order valence-corrected chi connectivity index (χ0v) is 20.2. The van der Waals surface area contributed by atoms with Gasteiger partial charge in [-0.05, 0) is 55.7 Å². The van der Waals surface area contributed by atoms with Crippen molar-refractivity contribution in [3.05, 3.63) is 57.6 Å². The number of carbonyl (C=O) groups is 2. The Hall–Kier alpha value is -3.31. The number of carbonyl (C=O) groups excluding carboxylic acids is 2. The van der Waals surface area contributed by atoms with E-state index in [4.69, 9.17) is 9.47 Å². The first-order valence-corrected chi connectivity index (χ1v) is 11.5. The molecule has 1 aliphatic carbocycles. The van der Waals surface area contributed by atoms with Gasteiger partial charge in [-0.2, -0.15) is 5.26 Å². The summed E-state index contributed by atoms with van der Waals surface area (Å²) in [7, 11) is 1.48. The Bertz CT molecular complexity index is 1080. The van der Waals surface area contributed by atoms with E-state index in [0.29, 0.717) is 27.2 Å². The molecule has 1 saturated carbocycles. The molecule has 0 aromatic heterocycles. The molecule has 0 spiro atoms. The number of halogens is 1. The second-order valence-corrected chi connectivity index (χ2v) is 8.71. The molecular formula is C25H26BrN3O4. The molecule has 0 radical (unpaired) electrons. The number of ether oxygens (including phenoxy) is 2. The lowest BCUT2D eigenvalue weighted by atomic mass is 10.1. The summed E-state index contributed by atoms with van der Waals surface area (Å²) in [5.41, 5.74) is 2.38. The molecule has 1 aliphatic rings. The molecule has 0 unspecified atom stereocenters. The van der Waals surface area contributed by atoms with Crippen molar-refractivity contribution in [2.24, 2.45) is 0 Å². The number of hydrogen-bond donors (Lipinski definition) is 2. The predicted octanol–water partition coefficient (Wildman–Crippen LogP) is 4.75. The largest absolute Gasteiger partial charge is 0.493 e. The molecule has 8 heteroatoms. The van der Waals surface area contributed by atoms with Gasteiger partial charge in [0, 0.05) is 16.2 Å². The van der Waals surface area contributed by atoms with E-state index < -0.39 is 0 Å². The molecule has 2 amide bonds. The number of rotatable bonds is 8. The summed E-state index contributed by atoms with van der Waals surface area (Å²) in [5.74, 6) is 0.0373. The first-order valence-electron chi connectivity index (χ1n) is 10.7. The Morgan fingerprint density at radius 2 is 1.88 bits per heavy atom. The molecule has 33 heavy (non-hydrogen) atoms. The van der Waals surface area contributed by atoms with Gasteiger partial charge in [-0.15, -0.1) is 0 Å². The number of nitriles is 1. The Morgan fingerprint density at radius 3 is 2.52 bits per heavy atom. The number of anilines is 1. The zero-order valence-electron chi connectivity index (χ0n) is 18.6. The van der Waals surface area contributed by atoms with Crippen LogP contribution in [0.1, 0.15) is 36.8 Å². The molecular weight excluding hydrogens is 486 g/mol. The molecule has 0 saturated heterocycles.